The van der Waals surface area contributed by atoms with Gasteiger partial charge in [0.25, 0.3) is 0 Å². The molecule has 0 aromatic carbocycles. The zero-order valence-corrected chi connectivity index (χ0v) is 10.9. The van der Waals surface area contributed by atoms with Crippen molar-refractivity contribution in [3.8, 4) is 0 Å². The average molecular weight is 196 g/mol. The summed E-state index contributed by atoms with van der Waals surface area (Å²) in [5.74, 6) is 5.59. The Kier molecular flexibility index (Phi) is 4.04. The third kappa shape index (κ3) is 2.32. The molecular weight excluding hydrogens is 168 g/mol. The van der Waals surface area contributed by atoms with Crippen LogP contribution < -0.4 is 0 Å². The van der Waals surface area contributed by atoms with Gasteiger partial charge in [0.05, 0.1) is 0 Å². The maximum atomic E-state index is 2.42. The lowest BCUT2D eigenvalue weighted by Crippen LogP contribution is -2.26. The van der Waals surface area contributed by atoms with Crippen LogP contribution in [-0.2, 0) is 0 Å². The SMILES string of the molecule is CC(C)C1[C@@H](C(C)C)CC[C@@H]1C(C)C. The van der Waals surface area contributed by atoms with Gasteiger partial charge in [0.1, 0.15) is 0 Å². The first-order valence-electron chi connectivity index (χ1n) is 6.45. The van der Waals surface area contributed by atoms with E-state index in [0.29, 0.717) is 0 Å². The minimum Gasteiger partial charge on any atom is -0.0625 e. The molecule has 0 heteroatoms. The highest BCUT2D eigenvalue weighted by Gasteiger charge is 2.40. The molecule has 14 heavy (non-hydrogen) atoms. The molecule has 1 aliphatic rings. The van der Waals surface area contributed by atoms with Gasteiger partial charge in [0, 0.05) is 0 Å². The molecule has 0 unspecified atom stereocenters. The van der Waals surface area contributed by atoms with Crippen LogP contribution in [0, 0.1) is 35.5 Å². The maximum Gasteiger partial charge on any atom is -0.0329 e. The van der Waals surface area contributed by atoms with Gasteiger partial charge in [-0.25, -0.2) is 0 Å². The van der Waals surface area contributed by atoms with Gasteiger partial charge in [-0.15, -0.1) is 0 Å². The largest absolute Gasteiger partial charge is 0.0625 e. The third-order valence-electron chi connectivity index (χ3n) is 4.30. The van der Waals surface area contributed by atoms with Crippen LogP contribution in [0.2, 0.25) is 0 Å². The Hall–Kier alpha value is 0. The van der Waals surface area contributed by atoms with E-state index in [1.54, 1.807) is 0 Å². The summed E-state index contributed by atoms with van der Waals surface area (Å²) in [6.45, 7) is 14.5. The van der Waals surface area contributed by atoms with Crippen molar-refractivity contribution < 1.29 is 0 Å². The van der Waals surface area contributed by atoms with Gasteiger partial charge in [-0.2, -0.15) is 0 Å². The molecule has 0 aromatic rings. The lowest BCUT2D eigenvalue weighted by atomic mass is 9.73. The Morgan fingerprint density at radius 1 is 0.643 bits per heavy atom. The Morgan fingerprint density at radius 3 is 1.21 bits per heavy atom. The Balaban J connectivity index is 2.74. The Bertz CT molecular complexity index is 151. The second-order valence-electron chi connectivity index (χ2n) is 6.21. The molecule has 0 saturated heterocycles. The first kappa shape index (κ1) is 12.1. The minimum atomic E-state index is 0.872. The quantitative estimate of drug-likeness (QED) is 0.619. The van der Waals surface area contributed by atoms with E-state index in [1.165, 1.54) is 12.8 Å². The zero-order chi connectivity index (χ0) is 10.9. The summed E-state index contributed by atoms with van der Waals surface area (Å²) in [4.78, 5) is 0. The molecule has 0 amide bonds. The van der Waals surface area contributed by atoms with Crippen molar-refractivity contribution in [1.82, 2.24) is 0 Å². The molecule has 1 fully saturated rings. The summed E-state index contributed by atoms with van der Waals surface area (Å²) in [5, 5.41) is 0. The standard InChI is InChI=1S/C14H28/c1-9(2)12-7-8-13(10(3)4)14(12)11(5)6/h9-14H,7-8H2,1-6H3/t12-,13-/m1/s1. The second-order valence-corrected chi connectivity index (χ2v) is 6.21. The molecule has 1 saturated carbocycles. The van der Waals surface area contributed by atoms with Crippen LogP contribution in [-0.4, -0.2) is 0 Å². The molecule has 1 aliphatic carbocycles. The smallest absolute Gasteiger partial charge is 0.0329 e. The van der Waals surface area contributed by atoms with E-state index in [1.807, 2.05) is 0 Å². The van der Waals surface area contributed by atoms with Crippen LogP contribution in [0.15, 0.2) is 0 Å². The van der Waals surface area contributed by atoms with Crippen molar-refractivity contribution in [3.05, 3.63) is 0 Å². The molecule has 0 heterocycles. The van der Waals surface area contributed by atoms with E-state index in [0.717, 1.165) is 35.5 Å². The minimum absolute atomic E-state index is 0.872. The normalized spacial score (nSPS) is 33.6. The molecule has 1 rings (SSSR count). The lowest BCUT2D eigenvalue weighted by Gasteiger charge is -2.32. The van der Waals surface area contributed by atoms with Crippen LogP contribution in [0.1, 0.15) is 54.4 Å². The number of rotatable bonds is 3. The Labute approximate surface area is 90.5 Å². The molecule has 0 bridgehead atoms. The van der Waals surface area contributed by atoms with E-state index in [2.05, 4.69) is 41.5 Å². The van der Waals surface area contributed by atoms with Gasteiger partial charge < -0.3 is 0 Å². The van der Waals surface area contributed by atoms with Gasteiger partial charge in [-0.1, -0.05) is 41.5 Å². The van der Waals surface area contributed by atoms with Crippen molar-refractivity contribution in [2.45, 2.75) is 54.4 Å². The van der Waals surface area contributed by atoms with Crippen molar-refractivity contribution in [3.63, 3.8) is 0 Å². The fourth-order valence-electron chi connectivity index (χ4n) is 3.63. The van der Waals surface area contributed by atoms with Crippen LogP contribution in [0.5, 0.6) is 0 Å². The molecule has 0 N–H and O–H groups in total. The van der Waals surface area contributed by atoms with Crippen LogP contribution in [0.3, 0.4) is 0 Å². The summed E-state index contributed by atoms with van der Waals surface area (Å²) in [6.07, 6.45) is 2.95. The number of hydrogen-bond donors (Lipinski definition) is 0. The van der Waals surface area contributed by atoms with E-state index in [9.17, 15) is 0 Å². The summed E-state index contributed by atoms with van der Waals surface area (Å²) < 4.78 is 0. The van der Waals surface area contributed by atoms with Gasteiger partial charge in [0.15, 0.2) is 0 Å². The number of hydrogen-bond acceptors (Lipinski definition) is 0. The van der Waals surface area contributed by atoms with Crippen molar-refractivity contribution in [2.75, 3.05) is 0 Å². The molecule has 0 nitrogen and oxygen atoms in total. The van der Waals surface area contributed by atoms with Crippen molar-refractivity contribution in [2.24, 2.45) is 35.5 Å². The van der Waals surface area contributed by atoms with Crippen molar-refractivity contribution >= 4 is 0 Å². The molecule has 0 aromatic heterocycles. The summed E-state index contributed by atoms with van der Waals surface area (Å²) in [5.41, 5.74) is 0. The first-order valence-corrected chi connectivity index (χ1v) is 6.45. The van der Waals surface area contributed by atoms with E-state index in [-0.39, 0.29) is 0 Å². The second kappa shape index (κ2) is 4.68. The Morgan fingerprint density at radius 2 is 1.00 bits per heavy atom. The summed E-state index contributed by atoms with van der Waals surface area (Å²) >= 11 is 0. The van der Waals surface area contributed by atoms with Crippen LogP contribution in [0.25, 0.3) is 0 Å². The molecule has 0 spiro atoms. The van der Waals surface area contributed by atoms with Gasteiger partial charge in [0.2, 0.25) is 0 Å². The highest BCUT2D eigenvalue weighted by atomic mass is 14.4. The summed E-state index contributed by atoms with van der Waals surface area (Å²) in [7, 11) is 0. The zero-order valence-electron chi connectivity index (χ0n) is 10.9. The van der Waals surface area contributed by atoms with E-state index in [4.69, 9.17) is 0 Å². The molecule has 84 valence electrons. The highest BCUT2D eigenvalue weighted by Crippen LogP contribution is 2.47. The third-order valence-corrected chi connectivity index (χ3v) is 4.30. The van der Waals surface area contributed by atoms with Crippen LogP contribution in [0.4, 0.5) is 0 Å². The van der Waals surface area contributed by atoms with E-state index >= 15 is 0 Å². The molecule has 0 radical (unpaired) electrons. The summed E-state index contributed by atoms with van der Waals surface area (Å²) in [6, 6.07) is 0. The predicted octanol–water partition coefficient (Wildman–Crippen LogP) is 4.60. The fourth-order valence-corrected chi connectivity index (χ4v) is 3.63. The highest BCUT2D eigenvalue weighted by molar-refractivity contribution is 4.89. The first-order chi connectivity index (χ1) is 6.45. The monoisotopic (exact) mass is 196 g/mol. The van der Waals surface area contributed by atoms with Crippen LogP contribution >= 0.6 is 0 Å². The van der Waals surface area contributed by atoms with Gasteiger partial charge >= 0.3 is 0 Å². The van der Waals surface area contributed by atoms with E-state index < -0.39 is 0 Å². The van der Waals surface area contributed by atoms with Crippen molar-refractivity contribution in [1.29, 1.82) is 0 Å². The average Bonchev–Trinajstić information content (AvgIpc) is 2.46. The molecule has 2 atom stereocenters. The topological polar surface area (TPSA) is 0 Å². The predicted molar refractivity (Wildman–Crippen MR) is 64.2 cm³/mol. The van der Waals surface area contributed by atoms with Gasteiger partial charge in [-0.3, -0.25) is 0 Å². The molecule has 0 aliphatic heterocycles. The molecular formula is C14H28. The maximum absolute atomic E-state index is 2.42. The lowest BCUT2D eigenvalue weighted by molar-refractivity contribution is 0.159. The van der Waals surface area contributed by atoms with Gasteiger partial charge in [-0.05, 0) is 48.3 Å². The fraction of sp³-hybridized carbons (Fsp3) is 1.00.